The Hall–Kier alpha value is -1.83. The molecule has 1 heterocycles. The Labute approximate surface area is 114 Å². The molecule has 2 aliphatic rings. The van der Waals surface area contributed by atoms with Crippen LogP contribution in [0, 0.1) is 0 Å². The number of allylic oxidation sites excluding steroid dienone is 1. The van der Waals surface area contributed by atoms with Gasteiger partial charge in [-0.25, -0.2) is 0 Å². The Morgan fingerprint density at radius 2 is 1.58 bits per heavy atom. The summed E-state index contributed by atoms with van der Waals surface area (Å²) in [6, 6.07) is 9.97. The second-order valence-corrected chi connectivity index (χ2v) is 5.28. The van der Waals surface area contributed by atoms with Crippen LogP contribution in [0.15, 0.2) is 47.6 Å². The van der Waals surface area contributed by atoms with Crippen LogP contribution in [-0.2, 0) is 4.79 Å². The molecule has 1 saturated carbocycles. The van der Waals surface area contributed by atoms with Gasteiger partial charge in [0.2, 0.25) is 5.91 Å². The van der Waals surface area contributed by atoms with Crippen LogP contribution in [-0.4, -0.2) is 23.9 Å². The molecule has 0 unspecified atom stereocenters. The van der Waals surface area contributed by atoms with E-state index in [0.29, 0.717) is 0 Å². The zero-order chi connectivity index (χ0) is 13.1. The van der Waals surface area contributed by atoms with E-state index in [1.807, 2.05) is 41.3 Å². The highest BCUT2D eigenvalue weighted by Crippen LogP contribution is 2.35. The van der Waals surface area contributed by atoms with Crippen LogP contribution in [0.2, 0.25) is 0 Å². The number of carbonyl (C=O) groups is 1. The maximum absolute atomic E-state index is 12.1. The summed E-state index contributed by atoms with van der Waals surface area (Å²) in [6.07, 6.45) is 8.37. The van der Waals surface area contributed by atoms with E-state index in [1.165, 1.54) is 12.8 Å². The maximum Gasteiger partial charge on any atom is 0.246 e. The number of likely N-dealkylation sites (tertiary alicyclic amines) is 1. The molecule has 98 valence electrons. The lowest BCUT2D eigenvalue weighted by atomic mass is 10.0. The van der Waals surface area contributed by atoms with Crippen molar-refractivity contribution >= 4 is 12.0 Å². The fourth-order valence-electron chi connectivity index (χ4n) is 2.60. The first-order valence-corrected chi connectivity index (χ1v) is 7.05. The van der Waals surface area contributed by atoms with Gasteiger partial charge in [0.05, 0.1) is 0 Å². The van der Waals surface area contributed by atoms with Crippen molar-refractivity contribution in [1.29, 1.82) is 0 Å². The van der Waals surface area contributed by atoms with Crippen LogP contribution in [0.1, 0.15) is 31.2 Å². The van der Waals surface area contributed by atoms with Gasteiger partial charge in [-0.1, -0.05) is 41.5 Å². The molecule has 0 radical (unpaired) electrons. The van der Waals surface area contributed by atoms with Gasteiger partial charge in [-0.15, -0.1) is 0 Å². The van der Waals surface area contributed by atoms with Crippen molar-refractivity contribution in [2.75, 3.05) is 13.1 Å². The zero-order valence-corrected chi connectivity index (χ0v) is 11.1. The number of amides is 1. The molecule has 0 bridgehead atoms. The second-order valence-electron chi connectivity index (χ2n) is 5.28. The minimum absolute atomic E-state index is 0.142. The Bertz CT molecular complexity index is 511. The van der Waals surface area contributed by atoms with E-state index in [0.717, 1.165) is 31.5 Å². The van der Waals surface area contributed by atoms with Gasteiger partial charge in [-0.3, -0.25) is 4.79 Å². The molecule has 19 heavy (non-hydrogen) atoms. The van der Waals surface area contributed by atoms with E-state index in [2.05, 4.69) is 0 Å². The predicted molar refractivity (Wildman–Crippen MR) is 77.6 cm³/mol. The smallest absolute Gasteiger partial charge is 0.246 e. The van der Waals surface area contributed by atoms with Crippen LogP contribution in [0.3, 0.4) is 0 Å². The summed E-state index contributed by atoms with van der Waals surface area (Å²) >= 11 is 0. The first-order chi connectivity index (χ1) is 9.33. The fourth-order valence-corrected chi connectivity index (χ4v) is 2.60. The molecule has 2 fully saturated rings. The van der Waals surface area contributed by atoms with E-state index in [4.69, 9.17) is 0 Å². The second kappa shape index (κ2) is 5.43. The van der Waals surface area contributed by atoms with Gasteiger partial charge in [0.15, 0.2) is 0 Å². The highest BCUT2D eigenvalue weighted by Gasteiger charge is 2.23. The van der Waals surface area contributed by atoms with Gasteiger partial charge in [0.1, 0.15) is 0 Å². The first-order valence-electron chi connectivity index (χ1n) is 7.05. The van der Waals surface area contributed by atoms with Crippen molar-refractivity contribution in [3.63, 3.8) is 0 Å². The number of carbonyl (C=O) groups excluding carboxylic acids is 1. The number of hydrogen-bond donors (Lipinski definition) is 0. The van der Waals surface area contributed by atoms with Gasteiger partial charge in [-0.2, -0.15) is 0 Å². The third kappa shape index (κ3) is 3.14. The highest BCUT2D eigenvalue weighted by molar-refractivity contribution is 5.91. The van der Waals surface area contributed by atoms with Crippen molar-refractivity contribution < 1.29 is 4.79 Å². The molecule has 2 heteroatoms. The summed E-state index contributed by atoms with van der Waals surface area (Å²) in [4.78, 5) is 14.1. The molecular weight excluding hydrogens is 234 g/mol. The zero-order valence-electron chi connectivity index (χ0n) is 11.1. The molecule has 0 N–H and O–H groups in total. The largest absolute Gasteiger partial charge is 0.339 e. The quantitative estimate of drug-likeness (QED) is 0.584. The van der Waals surface area contributed by atoms with Crippen LogP contribution in [0.5, 0.6) is 0 Å². The topological polar surface area (TPSA) is 20.3 Å². The van der Waals surface area contributed by atoms with E-state index in [1.54, 1.807) is 17.2 Å². The molecule has 1 amide bonds. The van der Waals surface area contributed by atoms with Gasteiger partial charge in [0.25, 0.3) is 0 Å². The van der Waals surface area contributed by atoms with Crippen molar-refractivity contribution in [1.82, 2.24) is 4.90 Å². The summed E-state index contributed by atoms with van der Waals surface area (Å²) < 4.78 is 0. The molecule has 0 atom stereocenters. The van der Waals surface area contributed by atoms with Crippen LogP contribution in [0.4, 0.5) is 0 Å². The fraction of sp³-hybridized carbons (Fsp3) is 0.353. The van der Waals surface area contributed by atoms with E-state index >= 15 is 0 Å². The lowest BCUT2D eigenvalue weighted by molar-refractivity contribution is -0.126. The number of hydrogen-bond acceptors (Lipinski definition) is 1. The molecule has 1 aliphatic carbocycles. The summed E-state index contributed by atoms with van der Waals surface area (Å²) in [5.74, 6) is 0.142. The standard InChI is InChI=1S/C17H19NO/c19-17(9-6-14-4-2-1-3-5-14)18-12-10-16(11-13-18)15-7-8-15/h1-6,9H,7-8,10-13H2/b9-6+. The van der Waals surface area contributed by atoms with E-state index in [9.17, 15) is 4.79 Å². The molecule has 0 aromatic heterocycles. The lowest BCUT2D eigenvalue weighted by Crippen LogP contribution is -2.35. The number of piperidine rings is 1. The minimum Gasteiger partial charge on any atom is -0.339 e. The lowest BCUT2D eigenvalue weighted by Gasteiger charge is -2.27. The Balaban J connectivity index is 1.56. The summed E-state index contributed by atoms with van der Waals surface area (Å²) in [5.41, 5.74) is 4.36. The third-order valence-electron chi connectivity index (χ3n) is 3.90. The third-order valence-corrected chi connectivity index (χ3v) is 3.90. The van der Waals surface area contributed by atoms with Gasteiger partial charge in [0, 0.05) is 19.2 Å². The van der Waals surface area contributed by atoms with Crippen LogP contribution in [0.25, 0.3) is 6.08 Å². The van der Waals surface area contributed by atoms with Crippen molar-refractivity contribution in [2.45, 2.75) is 25.7 Å². The monoisotopic (exact) mass is 253 g/mol. The van der Waals surface area contributed by atoms with Gasteiger partial charge >= 0.3 is 0 Å². The average Bonchev–Trinajstić information content (AvgIpc) is 3.31. The van der Waals surface area contributed by atoms with Crippen LogP contribution >= 0.6 is 0 Å². The van der Waals surface area contributed by atoms with Gasteiger partial charge < -0.3 is 4.90 Å². The van der Waals surface area contributed by atoms with Gasteiger partial charge in [-0.05, 0) is 37.3 Å². The molecule has 2 nitrogen and oxygen atoms in total. The SMILES string of the molecule is O=C(/C=C/c1ccccc1)N1CCC(=C2CC2)CC1. The number of nitrogens with zero attached hydrogens (tertiary/aromatic N) is 1. The Kier molecular flexibility index (Phi) is 3.49. The average molecular weight is 253 g/mol. The molecule has 1 aliphatic heterocycles. The van der Waals surface area contributed by atoms with Crippen LogP contribution < -0.4 is 0 Å². The van der Waals surface area contributed by atoms with Crippen molar-refractivity contribution in [3.8, 4) is 0 Å². The minimum atomic E-state index is 0.142. The molecular formula is C17H19NO. The normalized spacial score (nSPS) is 19.1. The Morgan fingerprint density at radius 1 is 0.947 bits per heavy atom. The summed E-state index contributed by atoms with van der Waals surface area (Å²) in [6.45, 7) is 1.77. The highest BCUT2D eigenvalue weighted by atomic mass is 16.2. The number of rotatable bonds is 2. The molecule has 0 spiro atoms. The molecule has 1 saturated heterocycles. The maximum atomic E-state index is 12.1. The molecule has 1 aromatic rings. The van der Waals surface area contributed by atoms with E-state index in [-0.39, 0.29) is 5.91 Å². The molecule has 3 rings (SSSR count). The Morgan fingerprint density at radius 3 is 2.21 bits per heavy atom. The first kappa shape index (κ1) is 12.2. The summed E-state index contributed by atoms with van der Waals surface area (Å²) in [5, 5.41) is 0. The number of benzene rings is 1. The van der Waals surface area contributed by atoms with E-state index < -0.39 is 0 Å². The summed E-state index contributed by atoms with van der Waals surface area (Å²) in [7, 11) is 0. The molecule has 1 aromatic carbocycles. The van der Waals surface area contributed by atoms with Crippen molar-refractivity contribution in [3.05, 3.63) is 53.1 Å². The predicted octanol–water partition coefficient (Wildman–Crippen LogP) is 3.41. The van der Waals surface area contributed by atoms with Crippen molar-refractivity contribution in [2.24, 2.45) is 0 Å².